The molecule has 0 rings (SSSR count). The highest BCUT2D eigenvalue weighted by Gasteiger charge is 2.27. The summed E-state index contributed by atoms with van der Waals surface area (Å²) in [6.45, 7) is 8.70. The van der Waals surface area contributed by atoms with Crippen molar-refractivity contribution in [3.05, 3.63) is 23.9 Å². The number of aldehydes is 1. The van der Waals surface area contributed by atoms with Crippen molar-refractivity contribution in [2.75, 3.05) is 40.3 Å². The maximum absolute atomic E-state index is 12.1. The molecule has 0 fully saturated rings. The van der Waals surface area contributed by atoms with Gasteiger partial charge in [0.25, 0.3) is 0 Å². The first-order chi connectivity index (χ1) is 14.0. The van der Waals surface area contributed by atoms with Crippen molar-refractivity contribution in [3.63, 3.8) is 0 Å². The SMILES string of the molecule is C=C(C)C(=O)OCCCNC=C(C)C(=O)NCCC[N+](C)(C)C(C=O)CCC(=O)O. The Morgan fingerprint density at radius 1 is 1.17 bits per heavy atom. The molecule has 0 spiro atoms. The second kappa shape index (κ2) is 14.3. The summed E-state index contributed by atoms with van der Waals surface area (Å²) < 4.78 is 5.35. The van der Waals surface area contributed by atoms with Crippen LogP contribution in [0, 0.1) is 0 Å². The van der Waals surface area contributed by atoms with E-state index < -0.39 is 18.0 Å². The molecule has 30 heavy (non-hydrogen) atoms. The summed E-state index contributed by atoms with van der Waals surface area (Å²) in [6, 6.07) is -0.391. The molecule has 0 aromatic rings. The van der Waals surface area contributed by atoms with Gasteiger partial charge in [0, 0.05) is 43.3 Å². The van der Waals surface area contributed by atoms with Crippen LogP contribution in [0.3, 0.4) is 0 Å². The predicted molar refractivity (Wildman–Crippen MR) is 113 cm³/mol. The third-order valence-electron chi connectivity index (χ3n) is 4.63. The number of nitrogens with zero attached hydrogens (tertiary/aromatic N) is 1. The molecule has 0 radical (unpaired) electrons. The number of hydrogen-bond donors (Lipinski definition) is 3. The van der Waals surface area contributed by atoms with Gasteiger partial charge < -0.3 is 25.0 Å². The van der Waals surface area contributed by atoms with Gasteiger partial charge in [-0.05, 0) is 20.3 Å². The third kappa shape index (κ3) is 12.0. The van der Waals surface area contributed by atoms with Gasteiger partial charge in [-0.15, -0.1) is 0 Å². The first-order valence-electron chi connectivity index (χ1n) is 10.0. The number of hydrogen-bond acceptors (Lipinski definition) is 6. The van der Waals surface area contributed by atoms with Crippen molar-refractivity contribution >= 4 is 24.1 Å². The van der Waals surface area contributed by atoms with Crippen LogP contribution >= 0.6 is 0 Å². The Balaban J connectivity index is 4.14. The van der Waals surface area contributed by atoms with Gasteiger partial charge in [-0.25, -0.2) is 4.79 Å². The summed E-state index contributed by atoms with van der Waals surface area (Å²) in [4.78, 5) is 45.3. The van der Waals surface area contributed by atoms with Crippen LogP contribution in [-0.2, 0) is 23.9 Å². The standard InChI is InChI=1S/C21H35N3O6/c1-16(2)21(29)30-13-7-10-22-14-17(3)20(28)23-11-6-12-24(4,5)18(15-25)8-9-19(26)27/h14-15,18H,1,6-13H2,2-5H3,(H2-,22,23,26,27,28)/p+1. The largest absolute Gasteiger partial charge is 0.481 e. The van der Waals surface area contributed by atoms with E-state index in [1.165, 1.54) is 0 Å². The van der Waals surface area contributed by atoms with Crippen LogP contribution in [-0.4, -0.2) is 80.1 Å². The van der Waals surface area contributed by atoms with Gasteiger partial charge in [0.2, 0.25) is 5.91 Å². The number of amides is 1. The second-order valence-corrected chi connectivity index (χ2v) is 7.80. The summed E-state index contributed by atoms with van der Waals surface area (Å²) in [7, 11) is 3.76. The monoisotopic (exact) mass is 426 g/mol. The summed E-state index contributed by atoms with van der Waals surface area (Å²) in [5, 5.41) is 14.6. The van der Waals surface area contributed by atoms with Gasteiger partial charge in [-0.1, -0.05) is 6.58 Å². The molecule has 0 aliphatic heterocycles. The number of carbonyl (C=O) groups is 4. The van der Waals surface area contributed by atoms with E-state index in [0.29, 0.717) is 48.1 Å². The van der Waals surface area contributed by atoms with E-state index in [2.05, 4.69) is 17.2 Å². The van der Waals surface area contributed by atoms with E-state index in [0.717, 1.165) is 6.29 Å². The molecule has 0 saturated heterocycles. The maximum Gasteiger partial charge on any atom is 0.333 e. The molecule has 1 amide bonds. The minimum atomic E-state index is -0.919. The van der Waals surface area contributed by atoms with Crippen LogP contribution < -0.4 is 10.6 Å². The molecule has 0 aromatic carbocycles. The van der Waals surface area contributed by atoms with Crippen molar-refractivity contribution in [2.24, 2.45) is 0 Å². The Labute approximate surface area is 178 Å². The number of ether oxygens (including phenoxy) is 1. The van der Waals surface area contributed by atoms with Gasteiger partial charge in [0.1, 0.15) is 6.04 Å². The normalized spacial score (nSPS) is 12.6. The zero-order valence-electron chi connectivity index (χ0n) is 18.5. The van der Waals surface area contributed by atoms with Crippen molar-refractivity contribution in [2.45, 2.75) is 45.6 Å². The van der Waals surface area contributed by atoms with Crippen LogP contribution in [0.15, 0.2) is 23.9 Å². The minimum Gasteiger partial charge on any atom is -0.481 e. The number of nitrogens with one attached hydrogen (secondary N) is 2. The zero-order valence-corrected chi connectivity index (χ0v) is 18.5. The van der Waals surface area contributed by atoms with E-state index in [4.69, 9.17) is 9.84 Å². The van der Waals surface area contributed by atoms with Crippen LogP contribution in [0.25, 0.3) is 0 Å². The molecule has 0 aliphatic rings. The van der Waals surface area contributed by atoms with E-state index in [-0.39, 0.29) is 25.4 Å². The fraction of sp³-hybridized carbons (Fsp3) is 0.619. The highest BCUT2D eigenvalue weighted by atomic mass is 16.5. The van der Waals surface area contributed by atoms with Crippen molar-refractivity contribution in [3.8, 4) is 0 Å². The van der Waals surface area contributed by atoms with E-state index in [1.807, 2.05) is 14.1 Å². The van der Waals surface area contributed by atoms with Crippen LogP contribution in [0.4, 0.5) is 0 Å². The highest BCUT2D eigenvalue weighted by Crippen LogP contribution is 2.12. The zero-order chi connectivity index (χ0) is 23.2. The van der Waals surface area contributed by atoms with Crippen LogP contribution in [0.2, 0.25) is 0 Å². The highest BCUT2D eigenvalue weighted by molar-refractivity contribution is 5.92. The first kappa shape index (κ1) is 27.3. The fourth-order valence-electron chi connectivity index (χ4n) is 2.60. The Hall–Kier alpha value is -2.68. The van der Waals surface area contributed by atoms with E-state index >= 15 is 0 Å². The Bertz CT molecular complexity index is 643. The van der Waals surface area contributed by atoms with Gasteiger partial charge >= 0.3 is 11.9 Å². The Morgan fingerprint density at radius 2 is 1.83 bits per heavy atom. The smallest absolute Gasteiger partial charge is 0.333 e. The molecular weight excluding hydrogens is 390 g/mol. The molecule has 3 N–H and O–H groups in total. The minimum absolute atomic E-state index is 0.0465. The topological polar surface area (TPSA) is 122 Å². The molecule has 0 heterocycles. The molecule has 0 bridgehead atoms. The molecule has 1 unspecified atom stereocenters. The molecule has 0 aliphatic carbocycles. The van der Waals surface area contributed by atoms with E-state index in [1.54, 1.807) is 20.0 Å². The van der Waals surface area contributed by atoms with Gasteiger partial charge in [-0.2, -0.15) is 0 Å². The number of carboxylic acids is 1. The Kier molecular flexibility index (Phi) is 13.0. The number of quaternary nitrogens is 1. The lowest BCUT2D eigenvalue weighted by molar-refractivity contribution is -0.905. The third-order valence-corrected chi connectivity index (χ3v) is 4.63. The number of carbonyl (C=O) groups excluding carboxylic acids is 3. The molecule has 0 saturated carbocycles. The predicted octanol–water partition coefficient (Wildman–Crippen LogP) is 1.00. The van der Waals surface area contributed by atoms with Crippen molar-refractivity contribution < 1.29 is 33.5 Å². The number of esters is 1. The number of carboxylic acid groups (broad SMARTS) is 1. The number of rotatable bonds is 16. The summed E-state index contributed by atoms with van der Waals surface area (Å²) in [5.41, 5.74) is 0.884. The average molecular weight is 427 g/mol. The van der Waals surface area contributed by atoms with E-state index in [9.17, 15) is 19.2 Å². The summed E-state index contributed by atoms with van der Waals surface area (Å²) in [5.74, 6) is -1.53. The van der Waals surface area contributed by atoms with Crippen molar-refractivity contribution in [1.82, 2.24) is 10.6 Å². The average Bonchev–Trinajstić information content (AvgIpc) is 2.67. The molecule has 9 nitrogen and oxygen atoms in total. The Morgan fingerprint density at radius 3 is 2.40 bits per heavy atom. The fourth-order valence-corrected chi connectivity index (χ4v) is 2.60. The van der Waals surface area contributed by atoms with Gasteiger partial charge in [-0.3, -0.25) is 14.4 Å². The lowest BCUT2D eigenvalue weighted by Crippen LogP contribution is -2.51. The lowest BCUT2D eigenvalue weighted by Gasteiger charge is -2.35. The molecule has 9 heteroatoms. The lowest BCUT2D eigenvalue weighted by atomic mass is 10.1. The molecule has 170 valence electrons. The summed E-state index contributed by atoms with van der Waals surface area (Å²) >= 11 is 0. The van der Waals surface area contributed by atoms with Crippen LogP contribution in [0.5, 0.6) is 0 Å². The molecule has 1 atom stereocenters. The first-order valence-corrected chi connectivity index (χ1v) is 10.0. The summed E-state index contributed by atoms with van der Waals surface area (Å²) in [6.07, 6.45) is 3.93. The molecule has 0 aromatic heterocycles. The van der Waals surface area contributed by atoms with Gasteiger partial charge in [0.15, 0.2) is 6.29 Å². The van der Waals surface area contributed by atoms with Gasteiger partial charge in [0.05, 0.1) is 33.7 Å². The quantitative estimate of drug-likeness (QED) is 0.111. The maximum atomic E-state index is 12.1. The number of likely N-dealkylation sites (N-methyl/N-ethyl adjacent to an activating group) is 1. The number of aliphatic carboxylic acids is 1. The van der Waals surface area contributed by atoms with Crippen molar-refractivity contribution in [1.29, 1.82) is 0 Å². The molecular formula is C21H36N3O6+. The van der Waals surface area contributed by atoms with Crippen LogP contribution in [0.1, 0.15) is 39.5 Å². The second-order valence-electron chi connectivity index (χ2n) is 7.80.